The van der Waals surface area contributed by atoms with Crippen LogP contribution >= 0.6 is 23.4 Å². The minimum atomic E-state index is -0.455. The summed E-state index contributed by atoms with van der Waals surface area (Å²) in [6, 6.07) is 13.5. The molecular formula is C22H24ClN5O2S. The number of nitrogens with zero attached hydrogens (tertiary/aromatic N) is 2. The second-order valence-electron chi connectivity index (χ2n) is 7.19. The van der Waals surface area contributed by atoms with E-state index in [2.05, 4.69) is 25.9 Å². The standard InChI is InChI=1S/C22H24ClN5O2S/c1-3-30-16-8-9-18-17(10-16)13(2)24-21(25-18)28-22-26-19(29)11-20(27-22)31-12-14-4-6-15(23)7-5-14/h4-10,20,22,27H,3,11-12H2,1-2H3,(H,26,29)(H,24,25,28). The van der Waals surface area contributed by atoms with E-state index in [1.54, 1.807) is 11.8 Å². The van der Waals surface area contributed by atoms with Gasteiger partial charge in [-0.25, -0.2) is 9.97 Å². The van der Waals surface area contributed by atoms with Crippen molar-refractivity contribution in [3.05, 3.63) is 58.7 Å². The number of thioether (sulfide) groups is 1. The maximum atomic E-state index is 12.2. The number of hydrogen-bond acceptors (Lipinski definition) is 7. The van der Waals surface area contributed by atoms with Gasteiger partial charge in [0.15, 0.2) is 6.29 Å². The Balaban J connectivity index is 1.42. The maximum Gasteiger partial charge on any atom is 0.226 e. The number of benzene rings is 2. The summed E-state index contributed by atoms with van der Waals surface area (Å²) in [4.78, 5) is 21.4. The highest BCUT2D eigenvalue weighted by molar-refractivity contribution is 7.99. The zero-order valence-corrected chi connectivity index (χ0v) is 18.9. The van der Waals surface area contributed by atoms with Crippen molar-refractivity contribution >= 4 is 46.1 Å². The number of aryl methyl sites for hydroxylation is 1. The van der Waals surface area contributed by atoms with Crippen LogP contribution in [0.1, 0.15) is 24.6 Å². The lowest BCUT2D eigenvalue weighted by Gasteiger charge is -2.31. The Kier molecular flexibility index (Phi) is 6.80. The fourth-order valence-electron chi connectivity index (χ4n) is 3.35. The van der Waals surface area contributed by atoms with E-state index in [9.17, 15) is 4.79 Å². The zero-order valence-electron chi connectivity index (χ0n) is 17.3. The van der Waals surface area contributed by atoms with Crippen molar-refractivity contribution in [2.45, 2.75) is 37.7 Å². The third-order valence-electron chi connectivity index (χ3n) is 4.84. The second-order valence-corrected chi connectivity index (χ2v) is 8.81. The predicted octanol–water partition coefficient (Wildman–Crippen LogP) is 4.05. The van der Waals surface area contributed by atoms with Crippen molar-refractivity contribution in [3.63, 3.8) is 0 Å². The second kappa shape index (κ2) is 9.72. The van der Waals surface area contributed by atoms with E-state index in [0.29, 0.717) is 24.0 Å². The lowest BCUT2D eigenvalue weighted by Crippen LogP contribution is -2.59. The molecule has 0 spiro atoms. The van der Waals surface area contributed by atoms with Gasteiger partial charge >= 0.3 is 0 Å². The van der Waals surface area contributed by atoms with Crippen molar-refractivity contribution in [1.29, 1.82) is 0 Å². The molecule has 1 saturated heterocycles. The normalized spacial score (nSPS) is 18.6. The number of aromatic nitrogens is 2. The van der Waals surface area contributed by atoms with Gasteiger partial charge < -0.3 is 15.4 Å². The molecule has 7 nitrogen and oxygen atoms in total. The molecule has 1 amide bonds. The first-order chi connectivity index (χ1) is 15.0. The van der Waals surface area contributed by atoms with Crippen LogP contribution in [-0.2, 0) is 10.5 Å². The van der Waals surface area contributed by atoms with E-state index < -0.39 is 6.29 Å². The Morgan fingerprint density at radius 3 is 2.81 bits per heavy atom. The lowest BCUT2D eigenvalue weighted by atomic mass is 10.2. The summed E-state index contributed by atoms with van der Waals surface area (Å²) in [6.07, 6.45) is -0.0580. The molecule has 2 unspecified atom stereocenters. The molecule has 162 valence electrons. The molecule has 2 atom stereocenters. The first-order valence-electron chi connectivity index (χ1n) is 10.1. The summed E-state index contributed by atoms with van der Waals surface area (Å²) in [5.41, 5.74) is 2.81. The van der Waals surface area contributed by atoms with Gasteiger partial charge in [-0.1, -0.05) is 23.7 Å². The van der Waals surface area contributed by atoms with Gasteiger partial charge in [0, 0.05) is 16.2 Å². The average Bonchev–Trinajstić information content (AvgIpc) is 2.74. The van der Waals surface area contributed by atoms with Crippen LogP contribution in [0.25, 0.3) is 10.9 Å². The number of rotatable bonds is 7. The van der Waals surface area contributed by atoms with Gasteiger partial charge in [0.05, 0.1) is 29.6 Å². The molecule has 4 rings (SSSR count). The molecular weight excluding hydrogens is 434 g/mol. The molecule has 0 aliphatic carbocycles. The van der Waals surface area contributed by atoms with Gasteiger partial charge in [-0.2, -0.15) is 0 Å². The van der Waals surface area contributed by atoms with Crippen LogP contribution in [0.2, 0.25) is 5.02 Å². The van der Waals surface area contributed by atoms with Crippen LogP contribution < -0.4 is 20.7 Å². The van der Waals surface area contributed by atoms with Crippen molar-refractivity contribution in [2.24, 2.45) is 0 Å². The topological polar surface area (TPSA) is 88.2 Å². The average molecular weight is 458 g/mol. The molecule has 1 aliphatic rings. The summed E-state index contributed by atoms with van der Waals surface area (Å²) in [5.74, 6) is 2.01. The van der Waals surface area contributed by atoms with Crippen molar-refractivity contribution in [2.75, 3.05) is 11.9 Å². The number of halogens is 1. The van der Waals surface area contributed by atoms with Gasteiger partial charge in [-0.05, 0) is 49.7 Å². The largest absolute Gasteiger partial charge is 0.494 e. The number of nitrogens with one attached hydrogen (secondary N) is 3. The van der Waals surface area contributed by atoms with Crippen molar-refractivity contribution < 1.29 is 9.53 Å². The van der Waals surface area contributed by atoms with Gasteiger partial charge in [-0.3, -0.25) is 10.1 Å². The van der Waals surface area contributed by atoms with E-state index in [4.69, 9.17) is 16.3 Å². The fourth-order valence-corrected chi connectivity index (χ4v) is 4.56. The van der Waals surface area contributed by atoms with Gasteiger partial charge in [-0.15, -0.1) is 11.8 Å². The van der Waals surface area contributed by atoms with Crippen LogP contribution in [-0.4, -0.2) is 34.1 Å². The van der Waals surface area contributed by atoms with Gasteiger partial charge in [0.2, 0.25) is 11.9 Å². The molecule has 3 aromatic rings. The van der Waals surface area contributed by atoms with Crippen molar-refractivity contribution in [3.8, 4) is 5.75 Å². The summed E-state index contributed by atoms with van der Waals surface area (Å²) >= 11 is 7.62. The summed E-state index contributed by atoms with van der Waals surface area (Å²) in [6.45, 7) is 4.49. The highest BCUT2D eigenvalue weighted by atomic mass is 35.5. The third-order valence-corrected chi connectivity index (χ3v) is 6.29. The van der Waals surface area contributed by atoms with Crippen LogP contribution in [0.5, 0.6) is 5.75 Å². The van der Waals surface area contributed by atoms with Crippen LogP contribution in [0.3, 0.4) is 0 Å². The zero-order chi connectivity index (χ0) is 21.8. The number of carbonyl (C=O) groups is 1. The number of carbonyl (C=O) groups excluding carboxylic acids is 1. The molecule has 3 N–H and O–H groups in total. The molecule has 0 radical (unpaired) electrons. The highest BCUT2D eigenvalue weighted by Gasteiger charge is 2.26. The van der Waals surface area contributed by atoms with Crippen LogP contribution in [0.4, 0.5) is 5.95 Å². The molecule has 2 aromatic carbocycles. The number of ether oxygens (including phenoxy) is 1. The minimum absolute atomic E-state index is 0.0243. The van der Waals surface area contributed by atoms with Gasteiger partial charge in [0.25, 0.3) is 0 Å². The SMILES string of the molecule is CCOc1ccc2nc(NC3NC(=O)CC(SCc4ccc(Cl)cc4)N3)nc(C)c2c1. The third kappa shape index (κ3) is 5.58. The summed E-state index contributed by atoms with van der Waals surface area (Å²) in [5, 5.41) is 11.1. The Hall–Kier alpha value is -2.55. The predicted molar refractivity (Wildman–Crippen MR) is 125 cm³/mol. The molecule has 31 heavy (non-hydrogen) atoms. The molecule has 0 bridgehead atoms. The molecule has 9 heteroatoms. The van der Waals surface area contributed by atoms with E-state index in [-0.39, 0.29) is 11.3 Å². The highest BCUT2D eigenvalue weighted by Crippen LogP contribution is 2.24. The number of anilines is 1. The maximum absolute atomic E-state index is 12.2. The first kappa shape index (κ1) is 21.7. The molecule has 1 aliphatic heterocycles. The summed E-state index contributed by atoms with van der Waals surface area (Å²) < 4.78 is 5.57. The number of hydrogen-bond donors (Lipinski definition) is 3. The summed E-state index contributed by atoms with van der Waals surface area (Å²) in [7, 11) is 0. The van der Waals surface area contributed by atoms with Gasteiger partial charge in [0.1, 0.15) is 5.75 Å². The minimum Gasteiger partial charge on any atom is -0.494 e. The fraction of sp³-hybridized carbons (Fsp3) is 0.318. The number of fused-ring (bicyclic) bond motifs is 1. The Morgan fingerprint density at radius 2 is 2.03 bits per heavy atom. The van der Waals surface area contributed by atoms with E-state index in [1.165, 1.54) is 0 Å². The monoisotopic (exact) mass is 457 g/mol. The molecule has 0 saturated carbocycles. The lowest BCUT2D eigenvalue weighted by molar-refractivity contribution is -0.123. The molecule has 1 aromatic heterocycles. The Labute approximate surface area is 190 Å². The molecule has 2 heterocycles. The Morgan fingerprint density at radius 1 is 1.23 bits per heavy atom. The Bertz CT molecular complexity index is 1080. The smallest absolute Gasteiger partial charge is 0.226 e. The molecule has 1 fully saturated rings. The van der Waals surface area contributed by atoms with Crippen molar-refractivity contribution in [1.82, 2.24) is 20.6 Å². The van der Waals surface area contributed by atoms with E-state index >= 15 is 0 Å². The van der Waals surface area contributed by atoms with Crippen LogP contribution in [0, 0.1) is 6.92 Å². The van der Waals surface area contributed by atoms with Crippen LogP contribution in [0.15, 0.2) is 42.5 Å². The van der Waals surface area contributed by atoms with E-state index in [0.717, 1.165) is 33.7 Å². The van der Waals surface area contributed by atoms with E-state index in [1.807, 2.05) is 56.3 Å². The first-order valence-corrected chi connectivity index (χ1v) is 11.5. The number of amides is 1. The quantitative estimate of drug-likeness (QED) is 0.493.